The van der Waals surface area contributed by atoms with Crippen LogP contribution in [0.15, 0.2) is 134 Å². The Kier molecular flexibility index (Phi) is 14.7. The van der Waals surface area contributed by atoms with Crippen molar-refractivity contribution >= 4 is 62.3 Å². The Balaban J connectivity index is 0.000000191. The van der Waals surface area contributed by atoms with Gasteiger partial charge >= 0.3 is 0 Å². The van der Waals surface area contributed by atoms with Gasteiger partial charge in [-0.25, -0.2) is 29.9 Å². The second-order valence-electron chi connectivity index (χ2n) is 14.1. The van der Waals surface area contributed by atoms with Gasteiger partial charge in [0.1, 0.15) is 59.4 Å². The average Bonchev–Trinajstić information content (AvgIpc) is 3.33. The first-order chi connectivity index (χ1) is 31.3. The summed E-state index contributed by atoms with van der Waals surface area (Å²) in [5.74, 6) is 2.86. The molecule has 64 heavy (non-hydrogen) atoms. The van der Waals surface area contributed by atoms with Crippen LogP contribution in [0, 0.1) is 6.92 Å². The molecule has 8 N–H and O–H groups in total. The molecular weight excluding hydrogens is 815 g/mol. The van der Waals surface area contributed by atoms with Gasteiger partial charge in [0.2, 0.25) is 0 Å². The predicted octanol–water partition coefficient (Wildman–Crippen LogP) is 6.03. The number of benzene rings is 4. The van der Waals surface area contributed by atoms with E-state index in [-0.39, 0.29) is 43.6 Å². The second-order valence-corrected chi connectivity index (χ2v) is 14.1. The van der Waals surface area contributed by atoms with E-state index in [1.165, 1.54) is 35.7 Å². The molecule has 0 fully saturated rings. The number of aliphatic hydroxyl groups excluding tert-OH is 2. The number of amides is 2. The van der Waals surface area contributed by atoms with Crippen LogP contribution in [0.5, 0.6) is 11.5 Å². The van der Waals surface area contributed by atoms with Gasteiger partial charge in [-0.3, -0.25) is 9.59 Å². The van der Waals surface area contributed by atoms with E-state index in [2.05, 4.69) is 76.3 Å². The molecule has 0 aliphatic rings. The summed E-state index contributed by atoms with van der Waals surface area (Å²) in [5.41, 5.74) is 10.2. The highest BCUT2D eigenvalue weighted by atomic mass is 16.5. The summed E-state index contributed by atoms with van der Waals surface area (Å²) in [6.45, 7) is 2.87. The van der Waals surface area contributed by atoms with Crippen LogP contribution < -0.4 is 36.5 Å². The number of pyridine rings is 2. The van der Waals surface area contributed by atoms with Crippen molar-refractivity contribution in [2.45, 2.75) is 20.1 Å². The lowest BCUT2D eigenvalue weighted by Crippen LogP contribution is -2.27. The fourth-order valence-corrected chi connectivity index (χ4v) is 6.36. The lowest BCUT2D eigenvalue weighted by Gasteiger charge is -2.12. The van der Waals surface area contributed by atoms with E-state index in [1.807, 2.05) is 78.9 Å². The van der Waals surface area contributed by atoms with Crippen molar-refractivity contribution in [1.29, 1.82) is 0 Å². The minimum Gasteiger partial charge on any atom is -0.488 e. The third kappa shape index (κ3) is 11.5. The van der Waals surface area contributed by atoms with Gasteiger partial charge in [-0.2, -0.15) is 0 Å². The Morgan fingerprint density at radius 1 is 0.547 bits per heavy atom. The molecule has 0 saturated heterocycles. The highest BCUT2D eigenvalue weighted by Crippen LogP contribution is 2.31. The van der Waals surface area contributed by atoms with Crippen LogP contribution in [-0.2, 0) is 13.2 Å². The van der Waals surface area contributed by atoms with Crippen molar-refractivity contribution in [2.24, 2.45) is 0 Å². The van der Waals surface area contributed by atoms with Crippen molar-refractivity contribution in [3.8, 4) is 11.5 Å². The summed E-state index contributed by atoms with van der Waals surface area (Å²) < 4.78 is 12.1. The molecular formula is C47H45N11O6. The number of carbonyl (C=O) groups is 2. The molecule has 8 rings (SSSR count). The van der Waals surface area contributed by atoms with Crippen LogP contribution in [0.2, 0.25) is 0 Å². The van der Waals surface area contributed by atoms with Crippen LogP contribution in [-0.4, -0.2) is 78.2 Å². The Hall–Kier alpha value is -8.28. The van der Waals surface area contributed by atoms with E-state index in [0.29, 0.717) is 42.2 Å². The van der Waals surface area contributed by atoms with Gasteiger partial charge in [0.25, 0.3) is 11.8 Å². The maximum absolute atomic E-state index is 11.8. The number of aliphatic hydroxyl groups is 2. The van der Waals surface area contributed by atoms with Crippen LogP contribution >= 0.6 is 0 Å². The van der Waals surface area contributed by atoms with Gasteiger partial charge in [-0.15, -0.1) is 0 Å². The van der Waals surface area contributed by atoms with E-state index in [9.17, 15) is 9.59 Å². The normalized spacial score (nSPS) is 10.7. The number of nitrogens with one attached hydrogen (secondary N) is 4. The summed E-state index contributed by atoms with van der Waals surface area (Å²) in [5, 5.41) is 32.9. The summed E-state index contributed by atoms with van der Waals surface area (Å²) in [4.78, 5) is 48.8. The number of fused-ring (bicyclic) bond motifs is 2. The van der Waals surface area contributed by atoms with Crippen LogP contribution in [0.4, 0.5) is 29.0 Å². The quantitative estimate of drug-likeness (QED) is 0.0549. The molecule has 0 unspecified atom stereocenters. The zero-order chi connectivity index (χ0) is 44.7. The SMILES string of the molecule is Cc1ccc(OCc2ccnc(Nc3cnc(C(=O)NCCO)cn3)c2)c2ccccc12.Nc1ccc(OCc2ccnc(Nc3cnc(C(=O)NCCO)cn3)c2)c2ccccc12. The molecule has 4 aromatic carbocycles. The second kappa shape index (κ2) is 21.5. The van der Waals surface area contributed by atoms with Crippen molar-refractivity contribution in [3.63, 3.8) is 0 Å². The highest BCUT2D eigenvalue weighted by Gasteiger charge is 2.11. The lowest BCUT2D eigenvalue weighted by molar-refractivity contribution is 0.0932. The number of nitrogens with zero attached hydrogens (tertiary/aromatic N) is 6. The average molecular weight is 860 g/mol. The molecule has 4 heterocycles. The Labute approximate surface area is 367 Å². The Bertz CT molecular complexity index is 2650. The zero-order valence-electron chi connectivity index (χ0n) is 34.7. The molecule has 0 atom stereocenters. The smallest absolute Gasteiger partial charge is 0.271 e. The fourth-order valence-electron chi connectivity index (χ4n) is 6.36. The molecule has 4 aromatic heterocycles. The predicted molar refractivity (Wildman–Crippen MR) is 244 cm³/mol. The van der Waals surface area contributed by atoms with E-state index in [4.69, 9.17) is 25.4 Å². The minimum absolute atomic E-state index is 0.134. The third-order valence-corrected chi connectivity index (χ3v) is 9.53. The third-order valence-electron chi connectivity index (χ3n) is 9.53. The number of nitrogen functional groups attached to an aromatic ring is 1. The highest BCUT2D eigenvalue weighted by molar-refractivity contribution is 5.97. The van der Waals surface area contributed by atoms with Gasteiger partial charge < -0.3 is 46.7 Å². The van der Waals surface area contributed by atoms with Crippen LogP contribution in [0.25, 0.3) is 21.5 Å². The molecule has 8 aromatic rings. The summed E-state index contributed by atoms with van der Waals surface area (Å²) in [7, 11) is 0. The van der Waals surface area contributed by atoms with E-state index in [0.717, 1.165) is 38.8 Å². The molecule has 0 saturated carbocycles. The van der Waals surface area contributed by atoms with Gasteiger partial charge in [-0.05, 0) is 71.5 Å². The number of ether oxygens (including phenoxy) is 2. The van der Waals surface area contributed by atoms with Crippen LogP contribution in [0.1, 0.15) is 37.7 Å². The monoisotopic (exact) mass is 859 g/mol. The molecule has 17 nitrogen and oxygen atoms in total. The zero-order valence-corrected chi connectivity index (χ0v) is 34.7. The number of nitrogens with two attached hydrogens (primary N) is 1. The number of anilines is 5. The Morgan fingerprint density at radius 2 is 1.02 bits per heavy atom. The number of hydrogen-bond acceptors (Lipinski definition) is 15. The van der Waals surface area contributed by atoms with Crippen LogP contribution in [0.3, 0.4) is 0 Å². The number of aromatic nitrogens is 6. The largest absolute Gasteiger partial charge is 0.488 e. The van der Waals surface area contributed by atoms with Gasteiger partial charge in [0.05, 0.1) is 38.0 Å². The minimum atomic E-state index is -0.398. The maximum atomic E-state index is 11.8. The first-order valence-electron chi connectivity index (χ1n) is 20.1. The molecule has 0 spiro atoms. The number of hydrogen-bond donors (Lipinski definition) is 7. The van der Waals surface area contributed by atoms with E-state index in [1.54, 1.807) is 12.4 Å². The van der Waals surface area contributed by atoms with Gasteiger partial charge in [0, 0.05) is 47.3 Å². The first kappa shape index (κ1) is 43.8. The van der Waals surface area contributed by atoms with E-state index < -0.39 is 5.91 Å². The standard InChI is InChI=1S/C24H23N5O3.C23H22N6O3/c1-16-6-7-21(19-5-3-2-4-18(16)19)32-15-17-8-9-25-22(12-17)29-23-14-27-20(13-28-23)24(31)26-10-11-30;24-18-5-6-20(17-4-2-1-3-16(17)18)32-14-15-7-8-25-21(11-15)29-22-13-27-19(12-28-22)23(31)26-9-10-30/h2-9,12-14,30H,10-11,15H2,1H3,(H,26,31)(H,25,28,29);1-8,11-13,30H,9-10,14,24H2,(H,26,31)(H,25,28,29). The number of carbonyl (C=O) groups excluding carboxylic acids is 2. The Morgan fingerprint density at radius 3 is 1.50 bits per heavy atom. The van der Waals surface area contributed by atoms with Crippen molar-refractivity contribution in [1.82, 2.24) is 40.5 Å². The molecule has 0 radical (unpaired) electrons. The molecule has 2 amide bonds. The molecule has 324 valence electrons. The van der Waals surface area contributed by atoms with E-state index >= 15 is 0 Å². The molecule has 0 aliphatic heterocycles. The number of aryl methyl sites for hydroxylation is 1. The van der Waals surface area contributed by atoms with Crippen molar-refractivity contribution in [2.75, 3.05) is 42.7 Å². The lowest BCUT2D eigenvalue weighted by atomic mass is 10.0. The molecule has 0 bridgehead atoms. The topological polar surface area (TPSA) is 245 Å². The summed E-state index contributed by atoms with van der Waals surface area (Å²) in [6, 6.07) is 31.3. The van der Waals surface area contributed by atoms with Gasteiger partial charge in [0.15, 0.2) is 0 Å². The number of rotatable bonds is 16. The van der Waals surface area contributed by atoms with Crippen molar-refractivity contribution < 1.29 is 29.3 Å². The molecule has 0 aliphatic carbocycles. The summed E-state index contributed by atoms with van der Waals surface area (Å²) >= 11 is 0. The maximum Gasteiger partial charge on any atom is 0.271 e. The molecule has 17 heteroatoms. The summed E-state index contributed by atoms with van der Waals surface area (Å²) in [6.07, 6.45) is 8.99. The van der Waals surface area contributed by atoms with Crippen molar-refractivity contribution in [3.05, 3.63) is 162 Å². The first-order valence-corrected chi connectivity index (χ1v) is 20.1. The fraction of sp³-hybridized carbons (Fsp3) is 0.149. The van der Waals surface area contributed by atoms with Gasteiger partial charge in [-0.1, -0.05) is 54.6 Å².